The molecule has 0 bridgehead atoms. The molecule has 6 nitrogen and oxygen atoms in total. The molecule has 0 amide bonds. The zero-order valence-electron chi connectivity index (χ0n) is 6.56. The monoisotopic (exact) mass is 207 g/mol. The number of aliphatic carboxylic acids is 1. The van der Waals surface area contributed by atoms with E-state index in [1.807, 2.05) is 0 Å². The Balaban J connectivity index is 4.76. The number of carboxylic acid groups (broad SMARTS) is 1. The number of carboxylic acids is 1. The highest BCUT2D eigenvalue weighted by Gasteiger charge is 2.27. The summed E-state index contributed by atoms with van der Waals surface area (Å²) in [5, 5.41) is 9.78. The van der Waals surface area contributed by atoms with Crippen molar-refractivity contribution < 1.29 is 24.3 Å². The van der Waals surface area contributed by atoms with E-state index in [1.54, 1.807) is 0 Å². The molecule has 0 aromatic rings. The van der Waals surface area contributed by atoms with Crippen LogP contribution in [0.25, 0.3) is 0 Å². The quantitative estimate of drug-likeness (QED) is 0.215. The SMILES string of the molecule is CON=C(C(=O)O)C(=O)C(Cl)C=O. The van der Waals surface area contributed by atoms with Gasteiger partial charge in [0.1, 0.15) is 13.4 Å². The number of hydrogen-bond acceptors (Lipinski definition) is 5. The largest absolute Gasteiger partial charge is 0.476 e. The van der Waals surface area contributed by atoms with Crippen molar-refractivity contribution in [1.29, 1.82) is 0 Å². The first kappa shape index (κ1) is 11.6. The van der Waals surface area contributed by atoms with E-state index in [0.717, 1.165) is 7.11 Å². The van der Waals surface area contributed by atoms with Crippen molar-refractivity contribution in [3.8, 4) is 0 Å². The molecule has 72 valence electrons. The van der Waals surface area contributed by atoms with E-state index in [1.165, 1.54) is 0 Å². The van der Waals surface area contributed by atoms with Crippen molar-refractivity contribution in [2.24, 2.45) is 5.16 Å². The summed E-state index contributed by atoms with van der Waals surface area (Å²) < 4.78 is 0. The van der Waals surface area contributed by atoms with E-state index < -0.39 is 22.8 Å². The molecule has 0 heterocycles. The maximum Gasteiger partial charge on any atom is 0.361 e. The number of halogens is 1. The molecule has 0 aliphatic carbocycles. The minimum atomic E-state index is -1.60. The molecule has 0 spiro atoms. The highest BCUT2D eigenvalue weighted by molar-refractivity contribution is 6.70. The second-order valence-electron chi connectivity index (χ2n) is 1.83. The van der Waals surface area contributed by atoms with Gasteiger partial charge in [0.25, 0.3) is 0 Å². The zero-order valence-corrected chi connectivity index (χ0v) is 7.32. The molecule has 1 N–H and O–H groups in total. The fourth-order valence-electron chi connectivity index (χ4n) is 0.473. The van der Waals surface area contributed by atoms with Crippen LogP contribution in [0.2, 0.25) is 0 Å². The van der Waals surface area contributed by atoms with Crippen LogP contribution >= 0.6 is 11.6 Å². The number of nitrogens with zero attached hydrogens (tertiary/aromatic N) is 1. The molecule has 1 unspecified atom stereocenters. The van der Waals surface area contributed by atoms with E-state index in [4.69, 9.17) is 16.7 Å². The predicted molar refractivity (Wildman–Crippen MR) is 42.8 cm³/mol. The van der Waals surface area contributed by atoms with Crippen LogP contribution in [0.15, 0.2) is 5.16 Å². The van der Waals surface area contributed by atoms with Gasteiger partial charge in [-0.05, 0) is 0 Å². The van der Waals surface area contributed by atoms with Crippen LogP contribution < -0.4 is 0 Å². The normalized spacial score (nSPS) is 13.2. The first-order valence-corrected chi connectivity index (χ1v) is 3.46. The third-order valence-corrected chi connectivity index (χ3v) is 1.29. The maximum absolute atomic E-state index is 11.0. The van der Waals surface area contributed by atoms with Crippen LogP contribution in [0.1, 0.15) is 0 Å². The summed E-state index contributed by atoms with van der Waals surface area (Å²) in [5.41, 5.74) is -0.908. The molecule has 13 heavy (non-hydrogen) atoms. The van der Waals surface area contributed by atoms with E-state index in [9.17, 15) is 14.4 Å². The molecule has 0 fully saturated rings. The lowest BCUT2D eigenvalue weighted by molar-refractivity contribution is -0.130. The van der Waals surface area contributed by atoms with Crippen LogP contribution in [-0.2, 0) is 19.2 Å². The van der Waals surface area contributed by atoms with E-state index in [-0.39, 0.29) is 6.29 Å². The Morgan fingerprint density at radius 2 is 2.15 bits per heavy atom. The lowest BCUT2D eigenvalue weighted by Gasteiger charge is -1.99. The summed E-state index contributed by atoms with van der Waals surface area (Å²) in [7, 11) is 1.07. The van der Waals surface area contributed by atoms with Gasteiger partial charge in [0.2, 0.25) is 11.5 Å². The van der Waals surface area contributed by atoms with Gasteiger partial charge >= 0.3 is 5.97 Å². The molecule has 1 atom stereocenters. The van der Waals surface area contributed by atoms with Gasteiger partial charge in [-0.15, -0.1) is 11.6 Å². The van der Waals surface area contributed by atoms with Crippen molar-refractivity contribution in [2.45, 2.75) is 5.38 Å². The second kappa shape index (κ2) is 5.26. The molecule has 0 radical (unpaired) electrons. The minimum Gasteiger partial charge on any atom is -0.476 e. The van der Waals surface area contributed by atoms with Crippen molar-refractivity contribution in [2.75, 3.05) is 7.11 Å². The smallest absolute Gasteiger partial charge is 0.361 e. The number of ketones is 1. The first-order chi connectivity index (χ1) is 6.04. The first-order valence-electron chi connectivity index (χ1n) is 3.02. The van der Waals surface area contributed by atoms with Crippen molar-refractivity contribution in [3.05, 3.63) is 0 Å². The van der Waals surface area contributed by atoms with Gasteiger partial charge in [0.05, 0.1) is 0 Å². The van der Waals surface area contributed by atoms with Gasteiger partial charge in [0, 0.05) is 0 Å². The average molecular weight is 208 g/mol. The third-order valence-electron chi connectivity index (χ3n) is 0.988. The Hall–Kier alpha value is -1.43. The van der Waals surface area contributed by atoms with Crippen LogP contribution in [0.5, 0.6) is 0 Å². The van der Waals surface area contributed by atoms with Gasteiger partial charge in [-0.25, -0.2) is 4.79 Å². The molecule has 0 aromatic heterocycles. The van der Waals surface area contributed by atoms with Crippen LogP contribution in [-0.4, -0.2) is 41.3 Å². The van der Waals surface area contributed by atoms with Gasteiger partial charge in [-0.2, -0.15) is 0 Å². The fourth-order valence-corrected chi connectivity index (χ4v) is 0.576. The topological polar surface area (TPSA) is 93.0 Å². The lowest BCUT2D eigenvalue weighted by Crippen LogP contribution is -2.31. The molecule has 0 saturated heterocycles. The van der Waals surface area contributed by atoms with E-state index in [0.29, 0.717) is 0 Å². The Morgan fingerprint density at radius 1 is 1.62 bits per heavy atom. The molecule has 7 heteroatoms. The van der Waals surface area contributed by atoms with Gasteiger partial charge in [-0.3, -0.25) is 4.79 Å². The summed E-state index contributed by atoms with van der Waals surface area (Å²) in [6.07, 6.45) is 0.109. The molecular formula is C6H6ClNO5. The highest BCUT2D eigenvalue weighted by atomic mass is 35.5. The van der Waals surface area contributed by atoms with E-state index >= 15 is 0 Å². The number of oxime groups is 1. The number of rotatable bonds is 5. The van der Waals surface area contributed by atoms with Crippen LogP contribution in [0, 0.1) is 0 Å². The molecule has 0 aliphatic rings. The average Bonchev–Trinajstić information content (AvgIpc) is 2.11. The Morgan fingerprint density at radius 3 is 2.46 bits per heavy atom. The summed E-state index contributed by atoms with van der Waals surface area (Å²) in [6.45, 7) is 0. The van der Waals surface area contributed by atoms with Crippen molar-refractivity contribution in [1.82, 2.24) is 0 Å². The molecule has 0 saturated carbocycles. The number of carbonyl (C=O) groups is 3. The van der Waals surface area contributed by atoms with Crippen molar-refractivity contribution >= 4 is 35.4 Å². The number of alkyl halides is 1. The Kier molecular flexibility index (Phi) is 4.68. The van der Waals surface area contributed by atoms with Crippen LogP contribution in [0.3, 0.4) is 0 Å². The van der Waals surface area contributed by atoms with Crippen molar-refractivity contribution in [3.63, 3.8) is 0 Å². The number of Topliss-reactive ketones (excluding diaryl/α,β-unsaturated/α-hetero) is 1. The third kappa shape index (κ3) is 3.20. The maximum atomic E-state index is 11.0. The molecular weight excluding hydrogens is 202 g/mol. The highest BCUT2D eigenvalue weighted by Crippen LogP contribution is 1.97. The number of hydrogen-bond donors (Lipinski definition) is 1. The van der Waals surface area contributed by atoms with Gasteiger partial charge in [0.15, 0.2) is 5.38 Å². The summed E-state index contributed by atoms with van der Waals surface area (Å²) in [5.74, 6) is -2.70. The fraction of sp³-hybridized carbons (Fsp3) is 0.333. The Labute approximate surface area is 78.1 Å². The van der Waals surface area contributed by atoms with Crippen LogP contribution in [0.4, 0.5) is 0 Å². The van der Waals surface area contributed by atoms with Gasteiger partial charge < -0.3 is 14.7 Å². The molecule has 0 aliphatic heterocycles. The lowest BCUT2D eigenvalue weighted by atomic mass is 10.2. The number of aldehydes is 1. The number of carbonyl (C=O) groups excluding carboxylic acids is 2. The Bertz CT molecular complexity index is 262. The van der Waals surface area contributed by atoms with E-state index in [2.05, 4.69) is 9.99 Å². The summed E-state index contributed by atoms with van der Waals surface area (Å²) in [4.78, 5) is 35.4. The standard InChI is InChI=1S/C6H6ClNO5/c1-13-8-4(6(11)12)5(10)3(7)2-9/h2-3H,1H3,(H,11,12). The van der Waals surface area contributed by atoms with Gasteiger partial charge in [-0.1, -0.05) is 5.16 Å². The second-order valence-corrected chi connectivity index (χ2v) is 2.30. The predicted octanol–water partition coefficient (Wildman–Crippen LogP) is -0.551. The minimum absolute atomic E-state index is 0.109. The zero-order chi connectivity index (χ0) is 10.4. The molecule has 0 aromatic carbocycles. The summed E-state index contributed by atoms with van der Waals surface area (Å²) in [6, 6.07) is 0. The molecule has 0 rings (SSSR count). The summed E-state index contributed by atoms with van der Waals surface area (Å²) >= 11 is 5.17.